The zero-order valence-electron chi connectivity index (χ0n) is 19.7. The quantitative estimate of drug-likeness (QED) is 0.640. The van der Waals surface area contributed by atoms with Gasteiger partial charge in [0.2, 0.25) is 0 Å². The molecule has 0 amide bonds. The van der Waals surface area contributed by atoms with Gasteiger partial charge in [-0.25, -0.2) is 0 Å². The van der Waals surface area contributed by atoms with Crippen molar-refractivity contribution in [3.63, 3.8) is 0 Å². The number of piperazine rings is 1. The summed E-state index contributed by atoms with van der Waals surface area (Å²) < 4.78 is 0. The Labute approximate surface area is 192 Å². The lowest BCUT2D eigenvalue weighted by atomic mass is 9.43. The Hall–Kier alpha value is -1.03. The lowest BCUT2D eigenvalue weighted by molar-refractivity contribution is -0.0347. The number of rotatable bonds is 3. The van der Waals surface area contributed by atoms with Gasteiger partial charge in [0, 0.05) is 35.6 Å². The van der Waals surface area contributed by atoms with Crippen LogP contribution in [0.5, 0.6) is 0 Å². The van der Waals surface area contributed by atoms with Gasteiger partial charge < -0.3 is 4.90 Å². The van der Waals surface area contributed by atoms with Crippen LogP contribution >= 0.6 is 11.6 Å². The molecule has 2 nitrogen and oxygen atoms in total. The van der Waals surface area contributed by atoms with E-state index in [2.05, 4.69) is 111 Å². The Balaban J connectivity index is 1.72. The summed E-state index contributed by atoms with van der Waals surface area (Å²) >= 11 is 6.49. The first-order valence-electron chi connectivity index (χ1n) is 11.3. The van der Waals surface area contributed by atoms with Gasteiger partial charge in [0.1, 0.15) is 39.2 Å². The molecular weight excluding hydrogens is 382 g/mol. The highest BCUT2D eigenvalue weighted by atomic mass is 35.5. The highest BCUT2D eigenvalue weighted by molar-refractivity contribution is 6.60. The van der Waals surface area contributed by atoms with Gasteiger partial charge in [0.15, 0.2) is 0 Å². The van der Waals surface area contributed by atoms with Gasteiger partial charge in [0.25, 0.3) is 0 Å². The lowest BCUT2D eigenvalue weighted by Gasteiger charge is -2.63. The minimum atomic E-state index is 0.0869. The molecule has 8 heteroatoms. The van der Waals surface area contributed by atoms with Gasteiger partial charge in [-0.05, 0) is 54.4 Å². The van der Waals surface area contributed by atoms with Crippen LogP contribution in [0, 0.1) is 0 Å². The lowest BCUT2D eigenvalue weighted by Crippen LogP contribution is -2.78. The van der Waals surface area contributed by atoms with Crippen LogP contribution in [-0.4, -0.2) is 78.2 Å². The second kappa shape index (κ2) is 7.54. The molecule has 2 aromatic carbocycles. The first-order valence-corrected chi connectivity index (χ1v) is 11.7. The van der Waals surface area contributed by atoms with E-state index < -0.39 is 0 Å². The van der Waals surface area contributed by atoms with Crippen molar-refractivity contribution in [1.82, 2.24) is 9.80 Å². The molecule has 0 saturated carbocycles. The molecule has 1 fully saturated rings. The number of halogens is 1. The highest BCUT2D eigenvalue weighted by Crippen LogP contribution is 2.49. The predicted molar refractivity (Wildman–Crippen MR) is 143 cm³/mol. The first-order chi connectivity index (χ1) is 13.9. The molecular formula is C22H32B5ClN2. The molecule has 4 rings (SSSR count). The molecule has 0 N–H and O–H groups in total. The fraction of sp³-hybridized carbons (Fsp3) is 0.455. The predicted octanol–water partition coefficient (Wildman–Crippen LogP) is -0.256. The third-order valence-corrected chi connectivity index (χ3v) is 7.18. The van der Waals surface area contributed by atoms with Gasteiger partial charge >= 0.3 is 0 Å². The van der Waals surface area contributed by atoms with E-state index in [1.165, 1.54) is 16.7 Å². The maximum Gasteiger partial charge on any atom is 0.118 e. The van der Waals surface area contributed by atoms with E-state index in [-0.39, 0.29) is 16.1 Å². The van der Waals surface area contributed by atoms with Crippen molar-refractivity contribution in [2.75, 3.05) is 13.1 Å². The van der Waals surface area contributed by atoms with Crippen LogP contribution in [0.2, 0.25) is 5.02 Å². The molecule has 1 aliphatic heterocycles. The summed E-state index contributed by atoms with van der Waals surface area (Å²) in [5.41, 5.74) is 4.37. The van der Waals surface area contributed by atoms with Crippen molar-refractivity contribution in [1.29, 1.82) is 0 Å². The van der Waals surface area contributed by atoms with Crippen LogP contribution in [0.4, 0.5) is 0 Å². The molecule has 1 heterocycles. The van der Waals surface area contributed by atoms with Crippen molar-refractivity contribution in [3.05, 3.63) is 70.2 Å². The maximum absolute atomic E-state index is 6.49. The second-order valence-corrected chi connectivity index (χ2v) is 12.0. The topological polar surface area (TPSA) is 6.48 Å². The molecule has 2 aromatic rings. The van der Waals surface area contributed by atoms with Gasteiger partial charge in [-0.2, -0.15) is 0 Å². The molecule has 0 spiro atoms. The van der Waals surface area contributed by atoms with Crippen LogP contribution in [0.3, 0.4) is 0 Å². The summed E-state index contributed by atoms with van der Waals surface area (Å²) in [4.78, 5) is 5.46. The van der Waals surface area contributed by atoms with Crippen LogP contribution in [0.25, 0.3) is 0 Å². The number of benzene rings is 2. The Morgan fingerprint density at radius 3 is 2.23 bits per heavy atom. The van der Waals surface area contributed by atoms with E-state index in [1.54, 1.807) is 0 Å². The molecule has 1 aliphatic carbocycles. The third kappa shape index (κ3) is 3.94. The zero-order valence-corrected chi connectivity index (χ0v) is 20.4. The number of hydrogen-bond donors (Lipinski definition) is 0. The monoisotopic (exact) mass is 414 g/mol. The van der Waals surface area contributed by atoms with Gasteiger partial charge in [0.05, 0.1) is 0 Å². The smallest absolute Gasteiger partial charge is 0.118 e. The number of hydrogen-bond acceptors (Lipinski definition) is 2. The largest absolute Gasteiger partial charge is 0.323 e. The molecule has 152 valence electrons. The van der Waals surface area contributed by atoms with Crippen LogP contribution < -0.4 is 0 Å². The highest BCUT2D eigenvalue weighted by Gasteiger charge is 2.50. The average Bonchev–Trinajstić information content (AvgIpc) is 2.97. The molecule has 0 radical (unpaired) electrons. The van der Waals surface area contributed by atoms with Crippen molar-refractivity contribution in [2.45, 2.75) is 48.3 Å². The molecule has 1 saturated heterocycles. The van der Waals surface area contributed by atoms with Crippen LogP contribution in [-0.2, 0) is 0 Å². The third-order valence-electron chi connectivity index (χ3n) is 6.95. The Morgan fingerprint density at radius 2 is 1.63 bits per heavy atom. The van der Waals surface area contributed by atoms with Crippen LogP contribution in [0.1, 0.15) is 48.9 Å². The SMILES string of the molecule is BC(B)(B)N1C(B)(B)CN([C@@H]2C[C@@H](c3ccccc3)c3ccc(Cl)cc32)CC1(C)C. The summed E-state index contributed by atoms with van der Waals surface area (Å²) in [6.45, 7) is 6.95. The van der Waals surface area contributed by atoms with E-state index in [0.717, 1.165) is 24.5 Å². The Kier molecular flexibility index (Phi) is 5.57. The Bertz CT molecular complexity index is 911. The number of nitrogens with zero attached hydrogens (tertiary/aromatic N) is 2. The van der Waals surface area contributed by atoms with Crippen molar-refractivity contribution in [2.24, 2.45) is 0 Å². The average molecular weight is 414 g/mol. The van der Waals surface area contributed by atoms with Crippen molar-refractivity contribution < 1.29 is 0 Å². The second-order valence-electron chi connectivity index (χ2n) is 11.5. The molecule has 30 heavy (non-hydrogen) atoms. The zero-order chi connectivity index (χ0) is 21.9. The van der Waals surface area contributed by atoms with Gasteiger partial charge in [-0.1, -0.05) is 53.2 Å². The summed E-state index contributed by atoms with van der Waals surface area (Å²) in [6, 6.07) is 17.9. The molecule has 0 unspecified atom stereocenters. The Morgan fingerprint density at radius 1 is 0.967 bits per heavy atom. The van der Waals surface area contributed by atoms with Gasteiger partial charge in [-0.15, -0.1) is 0 Å². The fourth-order valence-corrected chi connectivity index (χ4v) is 7.20. The minimum Gasteiger partial charge on any atom is -0.323 e. The minimum absolute atomic E-state index is 0.0869. The fourth-order valence-electron chi connectivity index (χ4n) is 7.02. The maximum atomic E-state index is 6.49. The summed E-state index contributed by atoms with van der Waals surface area (Å²) in [7, 11) is 11.9. The molecule has 0 aromatic heterocycles. The van der Waals surface area contributed by atoms with E-state index >= 15 is 0 Å². The van der Waals surface area contributed by atoms with Crippen molar-refractivity contribution >= 4 is 50.8 Å². The van der Waals surface area contributed by atoms with Crippen molar-refractivity contribution in [3.8, 4) is 0 Å². The molecule has 0 bridgehead atoms. The number of fused-ring (bicyclic) bond motifs is 1. The van der Waals surface area contributed by atoms with E-state index in [9.17, 15) is 0 Å². The molecule has 2 atom stereocenters. The summed E-state index contributed by atoms with van der Waals surface area (Å²) in [6.07, 6.45) is 1.13. The van der Waals surface area contributed by atoms with Crippen LogP contribution in [0.15, 0.2) is 48.5 Å². The van der Waals surface area contributed by atoms with Gasteiger partial charge in [-0.3, -0.25) is 4.90 Å². The first kappa shape index (κ1) is 22.2. The molecule has 2 aliphatic rings. The standard InChI is InChI=1S/C22H32B5ClN2/c1-20(2)12-29(13-21(23,24)30(20)22(25,26)27)19-11-17(14-6-4-3-5-7-14)16-9-8-15(28)10-18(16)19/h3-10,17,19H,11-13,23-27H2,1-2H3/t17-,19+/m0/s1. The normalized spacial score (nSPS) is 26.4. The van der Waals surface area contributed by atoms with E-state index in [0.29, 0.717) is 12.0 Å². The van der Waals surface area contributed by atoms with E-state index in [1.807, 2.05) is 0 Å². The van der Waals surface area contributed by atoms with E-state index in [4.69, 9.17) is 11.6 Å². The summed E-state index contributed by atoms with van der Waals surface area (Å²) in [5.74, 6) is 0.440. The summed E-state index contributed by atoms with van der Waals surface area (Å²) in [5, 5.41) is 1.06.